The van der Waals surface area contributed by atoms with E-state index in [1.54, 1.807) is 0 Å². The number of hydrogen-bond acceptors (Lipinski definition) is 2. The molecule has 0 fully saturated rings. The van der Waals surface area contributed by atoms with E-state index in [1.807, 2.05) is 77.9 Å². The van der Waals surface area contributed by atoms with Crippen LogP contribution in [0.15, 0.2) is 54.6 Å². The number of aryl methyl sites for hydroxylation is 1. The van der Waals surface area contributed by atoms with E-state index in [4.69, 9.17) is 0 Å². The lowest BCUT2D eigenvalue weighted by Gasteiger charge is -2.22. The van der Waals surface area contributed by atoms with Crippen LogP contribution in [0.1, 0.15) is 18.3 Å². The Balaban J connectivity index is 1.80. The van der Waals surface area contributed by atoms with Gasteiger partial charge in [-0.05, 0) is 31.5 Å². The summed E-state index contributed by atoms with van der Waals surface area (Å²) in [6, 6.07) is 18.0. The zero-order valence-corrected chi connectivity index (χ0v) is 13.6. The largest absolute Gasteiger partial charge is 0.337 e. The van der Waals surface area contributed by atoms with Crippen molar-refractivity contribution in [3.05, 3.63) is 66.0 Å². The average Bonchev–Trinajstić information content (AvgIpc) is 2.89. The number of hydrogen-bond donors (Lipinski definition) is 0. The van der Waals surface area contributed by atoms with Gasteiger partial charge in [-0.1, -0.05) is 42.5 Å². The maximum Gasteiger partial charge on any atom is 0.242 e. The predicted molar refractivity (Wildman–Crippen MR) is 92.0 cm³/mol. The van der Waals surface area contributed by atoms with Crippen molar-refractivity contribution in [1.82, 2.24) is 14.5 Å². The van der Waals surface area contributed by atoms with Crippen molar-refractivity contribution in [3.8, 4) is 0 Å². The standard InChI is InChI=1S/C19H21N3O/c1-3-21(13-16-9-5-4-6-10-16)19(23)14-22-15(2)20-17-11-7-8-12-18(17)22/h4-12H,3,13-14H2,1-2H3. The van der Waals surface area contributed by atoms with Gasteiger partial charge in [0.1, 0.15) is 12.4 Å². The van der Waals surface area contributed by atoms with Crippen molar-refractivity contribution in [2.75, 3.05) is 6.54 Å². The van der Waals surface area contributed by atoms with Gasteiger partial charge in [-0.15, -0.1) is 0 Å². The summed E-state index contributed by atoms with van der Waals surface area (Å²) in [6.45, 7) is 5.62. The third-order valence-electron chi connectivity index (χ3n) is 4.09. The normalized spacial score (nSPS) is 10.9. The highest BCUT2D eigenvalue weighted by molar-refractivity contribution is 5.81. The summed E-state index contributed by atoms with van der Waals surface area (Å²) in [7, 11) is 0. The molecule has 1 amide bonds. The van der Waals surface area contributed by atoms with Crippen LogP contribution in [-0.4, -0.2) is 26.9 Å². The molecule has 0 aliphatic rings. The Kier molecular flexibility index (Phi) is 4.42. The van der Waals surface area contributed by atoms with Gasteiger partial charge < -0.3 is 9.47 Å². The van der Waals surface area contributed by atoms with E-state index in [0.717, 1.165) is 22.4 Å². The molecule has 4 heteroatoms. The molecule has 3 aromatic rings. The lowest BCUT2D eigenvalue weighted by molar-refractivity contribution is -0.132. The highest BCUT2D eigenvalue weighted by atomic mass is 16.2. The zero-order chi connectivity index (χ0) is 16.2. The number of carbonyl (C=O) groups excluding carboxylic acids is 1. The van der Waals surface area contributed by atoms with Gasteiger partial charge in [0, 0.05) is 13.1 Å². The van der Waals surface area contributed by atoms with Gasteiger partial charge in [0.05, 0.1) is 11.0 Å². The fourth-order valence-electron chi connectivity index (χ4n) is 2.81. The van der Waals surface area contributed by atoms with Crippen LogP contribution in [-0.2, 0) is 17.9 Å². The number of para-hydroxylation sites is 2. The minimum atomic E-state index is 0.114. The molecular weight excluding hydrogens is 286 g/mol. The zero-order valence-electron chi connectivity index (χ0n) is 13.6. The van der Waals surface area contributed by atoms with Gasteiger partial charge in [0.2, 0.25) is 5.91 Å². The Hall–Kier alpha value is -2.62. The van der Waals surface area contributed by atoms with Crippen LogP contribution in [0, 0.1) is 6.92 Å². The topological polar surface area (TPSA) is 38.1 Å². The SMILES string of the molecule is CCN(Cc1ccccc1)C(=O)Cn1c(C)nc2ccccc21. The number of rotatable bonds is 5. The van der Waals surface area contributed by atoms with Crippen molar-refractivity contribution in [1.29, 1.82) is 0 Å². The van der Waals surface area contributed by atoms with E-state index in [9.17, 15) is 4.79 Å². The molecule has 3 rings (SSSR count). The van der Waals surface area contributed by atoms with Gasteiger partial charge in [0.25, 0.3) is 0 Å². The van der Waals surface area contributed by atoms with Gasteiger partial charge >= 0.3 is 0 Å². The molecule has 23 heavy (non-hydrogen) atoms. The molecule has 0 spiro atoms. The fraction of sp³-hybridized carbons (Fsp3) is 0.263. The van der Waals surface area contributed by atoms with Gasteiger partial charge in [-0.3, -0.25) is 4.79 Å². The molecule has 0 radical (unpaired) electrons. The monoisotopic (exact) mass is 307 g/mol. The lowest BCUT2D eigenvalue weighted by Crippen LogP contribution is -2.33. The molecule has 118 valence electrons. The van der Waals surface area contributed by atoms with Crippen molar-refractivity contribution in [2.45, 2.75) is 26.9 Å². The molecule has 0 aliphatic heterocycles. The first-order valence-corrected chi connectivity index (χ1v) is 7.92. The molecular formula is C19H21N3O. The Morgan fingerprint density at radius 1 is 1.09 bits per heavy atom. The highest BCUT2D eigenvalue weighted by Gasteiger charge is 2.16. The molecule has 0 saturated heterocycles. The van der Waals surface area contributed by atoms with Crippen molar-refractivity contribution < 1.29 is 4.79 Å². The minimum absolute atomic E-state index is 0.114. The molecule has 1 aromatic heterocycles. The smallest absolute Gasteiger partial charge is 0.242 e. The first-order valence-electron chi connectivity index (χ1n) is 7.92. The van der Waals surface area contributed by atoms with Crippen LogP contribution >= 0.6 is 0 Å². The van der Waals surface area contributed by atoms with Crippen LogP contribution in [0.4, 0.5) is 0 Å². The Bertz CT molecular complexity index is 808. The van der Waals surface area contributed by atoms with Crippen LogP contribution in [0.3, 0.4) is 0 Å². The number of imidazole rings is 1. The quantitative estimate of drug-likeness (QED) is 0.724. The highest BCUT2D eigenvalue weighted by Crippen LogP contribution is 2.16. The van der Waals surface area contributed by atoms with Crippen molar-refractivity contribution in [3.63, 3.8) is 0 Å². The van der Waals surface area contributed by atoms with Crippen LogP contribution < -0.4 is 0 Å². The number of amides is 1. The molecule has 0 aliphatic carbocycles. The summed E-state index contributed by atoms with van der Waals surface area (Å²) in [4.78, 5) is 19.1. The summed E-state index contributed by atoms with van der Waals surface area (Å²) in [5.74, 6) is 0.984. The molecule has 4 nitrogen and oxygen atoms in total. The molecule has 0 unspecified atom stereocenters. The van der Waals surface area contributed by atoms with Gasteiger partial charge in [-0.25, -0.2) is 4.98 Å². The maximum atomic E-state index is 12.7. The molecule has 0 saturated carbocycles. The van der Waals surface area contributed by atoms with E-state index < -0.39 is 0 Å². The summed E-state index contributed by atoms with van der Waals surface area (Å²) in [5, 5.41) is 0. The Morgan fingerprint density at radius 3 is 2.52 bits per heavy atom. The van der Waals surface area contributed by atoms with E-state index in [0.29, 0.717) is 19.6 Å². The summed E-state index contributed by atoms with van der Waals surface area (Å²) >= 11 is 0. The third-order valence-corrected chi connectivity index (χ3v) is 4.09. The first-order chi connectivity index (χ1) is 11.2. The second-order valence-corrected chi connectivity index (χ2v) is 5.63. The molecule has 1 heterocycles. The molecule has 2 aromatic carbocycles. The fourth-order valence-corrected chi connectivity index (χ4v) is 2.81. The number of nitrogens with zero attached hydrogens (tertiary/aromatic N) is 3. The second kappa shape index (κ2) is 6.65. The lowest BCUT2D eigenvalue weighted by atomic mass is 10.2. The number of carbonyl (C=O) groups is 1. The Morgan fingerprint density at radius 2 is 1.78 bits per heavy atom. The average molecular weight is 307 g/mol. The van der Waals surface area contributed by atoms with Crippen molar-refractivity contribution >= 4 is 16.9 Å². The number of benzene rings is 2. The van der Waals surface area contributed by atoms with Crippen LogP contribution in [0.2, 0.25) is 0 Å². The van der Waals surface area contributed by atoms with Gasteiger partial charge in [0.15, 0.2) is 0 Å². The van der Waals surface area contributed by atoms with Gasteiger partial charge in [-0.2, -0.15) is 0 Å². The van der Waals surface area contributed by atoms with Crippen LogP contribution in [0.5, 0.6) is 0 Å². The van der Waals surface area contributed by atoms with Crippen LogP contribution in [0.25, 0.3) is 11.0 Å². The number of likely N-dealkylation sites (N-methyl/N-ethyl adjacent to an activating group) is 1. The minimum Gasteiger partial charge on any atom is -0.337 e. The predicted octanol–water partition coefficient (Wildman–Crippen LogP) is 3.39. The first kappa shape index (κ1) is 15.3. The molecule has 0 atom stereocenters. The summed E-state index contributed by atoms with van der Waals surface area (Å²) in [5.41, 5.74) is 3.09. The third kappa shape index (κ3) is 3.26. The molecule has 0 N–H and O–H groups in total. The second-order valence-electron chi connectivity index (χ2n) is 5.63. The summed E-state index contributed by atoms with van der Waals surface area (Å²) < 4.78 is 1.99. The number of aromatic nitrogens is 2. The molecule has 0 bridgehead atoms. The number of fused-ring (bicyclic) bond motifs is 1. The summed E-state index contributed by atoms with van der Waals surface area (Å²) in [6.07, 6.45) is 0. The van der Waals surface area contributed by atoms with E-state index >= 15 is 0 Å². The van der Waals surface area contributed by atoms with Crippen molar-refractivity contribution in [2.24, 2.45) is 0 Å². The van der Waals surface area contributed by atoms with E-state index in [1.165, 1.54) is 0 Å². The maximum absolute atomic E-state index is 12.7. The van der Waals surface area contributed by atoms with E-state index in [-0.39, 0.29) is 5.91 Å². The Labute approximate surface area is 136 Å². The van der Waals surface area contributed by atoms with E-state index in [2.05, 4.69) is 4.98 Å².